The summed E-state index contributed by atoms with van der Waals surface area (Å²) in [4.78, 5) is 10.8. The minimum Gasteiger partial charge on any atom is -0.468 e. The van der Waals surface area contributed by atoms with Crippen LogP contribution in [0.3, 0.4) is 0 Å². The van der Waals surface area contributed by atoms with Gasteiger partial charge in [-0.2, -0.15) is 0 Å². The minimum absolute atomic E-state index is 0.458. The van der Waals surface area contributed by atoms with E-state index in [0.29, 0.717) is 0 Å². The number of ether oxygens (including phenoxy) is 1. The van der Waals surface area contributed by atoms with Gasteiger partial charge in [0.1, 0.15) is 6.04 Å². The van der Waals surface area contributed by atoms with Gasteiger partial charge in [0.25, 0.3) is 5.92 Å². The van der Waals surface area contributed by atoms with E-state index in [1.807, 2.05) is 0 Å². The second-order valence-corrected chi connectivity index (χ2v) is 2.63. The third kappa shape index (κ3) is 2.12. The van der Waals surface area contributed by atoms with Crippen molar-refractivity contribution >= 4 is 5.97 Å². The van der Waals surface area contributed by atoms with E-state index in [9.17, 15) is 13.6 Å². The van der Waals surface area contributed by atoms with Crippen LogP contribution in [0.25, 0.3) is 0 Å². The predicted molar refractivity (Wildman–Crippen MR) is 36.5 cm³/mol. The quantitative estimate of drug-likeness (QED) is 0.542. The molecule has 0 aromatic rings. The normalized spacial score (nSPS) is 28.1. The average molecular weight is 180 g/mol. The van der Waals surface area contributed by atoms with Crippen molar-refractivity contribution in [2.45, 2.75) is 18.4 Å². The molecule has 1 unspecified atom stereocenters. The fourth-order valence-corrected chi connectivity index (χ4v) is 1.01. The molecule has 0 spiro atoms. The Bertz CT molecular complexity index is 186. The molecule has 2 N–H and O–H groups in total. The van der Waals surface area contributed by atoms with E-state index in [0.717, 1.165) is 7.11 Å². The van der Waals surface area contributed by atoms with Gasteiger partial charge in [-0.3, -0.25) is 10.2 Å². The zero-order valence-electron chi connectivity index (χ0n) is 6.56. The van der Waals surface area contributed by atoms with E-state index < -0.39 is 30.9 Å². The summed E-state index contributed by atoms with van der Waals surface area (Å²) in [5.41, 5.74) is 4.66. The van der Waals surface area contributed by atoms with Crippen LogP contribution >= 0.6 is 0 Å². The molecular weight excluding hydrogens is 170 g/mol. The first-order chi connectivity index (χ1) is 5.55. The van der Waals surface area contributed by atoms with Crippen LogP contribution in [0.4, 0.5) is 8.78 Å². The summed E-state index contributed by atoms with van der Waals surface area (Å²) in [5.74, 6) is -3.52. The number of hydrogen-bond acceptors (Lipinski definition) is 4. The van der Waals surface area contributed by atoms with Crippen LogP contribution in [-0.4, -0.2) is 31.6 Å². The number of rotatable bonds is 1. The molecule has 1 aliphatic heterocycles. The number of carbonyl (C=O) groups is 1. The fourth-order valence-electron chi connectivity index (χ4n) is 1.01. The van der Waals surface area contributed by atoms with Gasteiger partial charge < -0.3 is 4.74 Å². The lowest BCUT2D eigenvalue weighted by Gasteiger charge is -2.28. The van der Waals surface area contributed by atoms with Crippen LogP contribution in [0, 0.1) is 0 Å². The van der Waals surface area contributed by atoms with Crippen LogP contribution in [0.1, 0.15) is 6.42 Å². The molecule has 0 radical (unpaired) electrons. The van der Waals surface area contributed by atoms with Crippen molar-refractivity contribution in [3.63, 3.8) is 0 Å². The molecule has 4 nitrogen and oxygen atoms in total. The number of alkyl halides is 2. The molecule has 1 saturated heterocycles. The summed E-state index contributed by atoms with van der Waals surface area (Å²) in [6.45, 7) is -0.458. The molecule has 1 rings (SSSR count). The number of nitrogens with one attached hydrogen (secondary N) is 2. The molecular formula is C6H10F2N2O2. The molecule has 0 aromatic heterocycles. The monoisotopic (exact) mass is 180 g/mol. The fraction of sp³-hybridized carbons (Fsp3) is 0.833. The summed E-state index contributed by atoms with van der Waals surface area (Å²) in [7, 11) is 1.16. The van der Waals surface area contributed by atoms with E-state index >= 15 is 0 Å². The van der Waals surface area contributed by atoms with Crippen molar-refractivity contribution in [3.8, 4) is 0 Å². The molecule has 0 amide bonds. The smallest absolute Gasteiger partial charge is 0.324 e. The highest BCUT2D eigenvalue weighted by Gasteiger charge is 2.39. The Kier molecular flexibility index (Phi) is 2.58. The van der Waals surface area contributed by atoms with E-state index in [1.54, 1.807) is 0 Å². The van der Waals surface area contributed by atoms with Crippen molar-refractivity contribution < 1.29 is 18.3 Å². The van der Waals surface area contributed by atoms with E-state index in [1.165, 1.54) is 0 Å². The van der Waals surface area contributed by atoms with Gasteiger partial charge in [0.2, 0.25) is 0 Å². The van der Waals surface area contributed by atoms with Gasteiger partial charge in [-0.15, -0.1) is 0 Å². The summed E-state index contributed by atoms with van der Waals surface area (Å²) >= 11 is 0. The Labute approximate surface area is 68.2 Å². The first-order valence-electron chi connectivity index (χ1n) is 3.49. The van der Waals surface area contributed by atoms with Crippen LogP contribution < -0.4 is 10.9 Å². The largest absolute Gasteiger partial charge is 0.468 e. The van der Waals surface area contributed by atoms with Crippen LogP contribution in [0.2, 0.25) is 0 Å². The Balaban J connectivity index is 2.52. The molecule has 0 aromatic carbocycles. The van der Waals surface area contributed by atoms with Gasteiger partial charge in [-0.05, 0) is 0 Å². The maximum absolute atomic E-state index is 12.6. The second-order valence-electron chi connectivity index (χ2n) is 2.63. The Morgan fingerprint density at radius 1 is 1.67 bits per heavy atom. The number of methoxy groups -OCH3 is 1. The van der Waals surface area contributed by atoms with Crippen molar-refractivity contribution in [2.24, 2.45) is 0 Å². The van der Waals surface area contributed by atoms with Gasteiger partial charge in [-0.25, -0.2) is 14.2 Å². The van der Waals surface area contributed by atoms with Crippen molar-refractivity contribution in [3.05, 3.63) is 0 Å². The Hall–Kier alpha value is -0.750. The minimum atomic E-state index is -2.84. The number of hydrazine groups is 1. The molecule has 1 aliphatic rings. The van der Waals surface area contributed by atoms with E-state index in [2.05, 4.69) is 15.6 Å². The van der Waals surface area contributed by atoms with Gasteiger partial charge in [0, 0.05) is 6.42 Å². The lowest BCUT2D eigenvalue weighted by molar-refractivity contribution is -0.149. The molecule has 1 heterocycles. The topological polar surface area (TPSA) is 50.4 Å². The molecule has 0 aliphatic carbocycles. The van der Waals surface area contributed by atoms with Crippen LogP contribution in [-0.2, 0) is 9.53 Å². The third-order valence-electron chi connectivity index (χ3n) is 1.61. The van der Waals surface area contributed by atoms with Crippen molar-refractivity contribution in [1.29, 1.82) is 0 Å². The van der Waals surface area contributed by atoms with E-state index in [4.69, 9.17) is 0 Å². The van der Waals surface area contributed by atoms with Crippen LogP contribution in [0.5, 0.6) is 0 Å². The zero-order valence-corrected chi connectivity index (χ0v) is 6.56. The molecule has 0 saturated carbocycles. The third-order valence-corrected chi connectivity index (χ3v) is 1.61. The molecule has 6 heteroatoms. The lowest BCUT2D eigenvalue weighted by Crippen LogP contribution is -2.57. The molecule has 12 heavy (non-hydrogen) atoms. The first kappa shape index (κ1) is 9.34. The summed E-state index contributed by atoms with van der Waals surface area (Å²) < 4.78 is 29.6. The number of halogens is 2. The maximum atomic E-state index is 12.6. The summed E-state index contributed by atoms with van der Waals surface area (Å²) in [6, 6.07) is -0.959. The van der Waals surface area contributed by atoms with E-state index in [-0.39, 0.29) is 0 Å². The highest BCUT2D eigenvalue weighted by atomic mass is 19.3. The number of esters is 1. The first-order valence-corrected chi connectivity index (χ1v) is 3.49. The van der Waals surface area contributed by atoms with Gasteiger partial charge in [0.15, 0.2) is 0 Å². The highest BCUT2D eigenvalue weighted by Crippen LogP contribution is 2.21. The van der Waals surface area contributed by atoms with Gasteiger partial charge >= 0.3 is 5.97 Å². The van der Waals surface area contributed by atoms with Gasteiger partial charge in [0.05, 0.1) is 13.7 Å². The molecule has 1 atom stereocenters. The lowest BCUT2D eigenvalue weighted by atomic mass is 10.1. The molecule has 70 valence electrons. The maximum Gasteiger partial charge on any atom is 0.324 e. The molecule has 0 bridgehead atoms. The van der Waals surface area contributed by atoms with Gasteiger partial charge in [-0.1, -0.05) is 0 Å². The zero-order chi connectivity index (χ0) is 9.19. The average Bonchev–Trinajstić information content (AvgIpc) is 2.01. The second kappa shape index (κ2) is 3.32. The number of carbonyl (C=O) groups excluding carboxylic acids is 1. The number of hydrogen-bond donors (Lipinski definition) is 2. The standard InChI is InChI=1S/C6H10F2N2O2/c1-12-5(11)4-2-6(7,8)3-9-10-4/h4,9-10H,2-3H2,1H3. The Morgan fingerprint density at radius 3 is 2.83 bits per heavy atom. The van der Waals surface area contributed by atoms with Crippen molar-refractivity contribution in [1.82, 2.24) is 10.9 Å². The highest BCUT2D eigenvalue weighted by molar-refractivity contribution is 5.75. The predicted octanol–water partition coefficient (Wildman–Crippen LogP) is -0.339. The summed E-state index contributed by atoms with van der Waals surface area (Å²) in [6.07, 6.45) is -0.521. The molecule has 1 fully saturated rings. The van der Waals surface area contributed by atoms with Crippen LogP contribution in [0.15, 0.2) is 0 Å². The Morgan fingerprint density at radius 2 is 2.33 bits per heavy atom. The van der Waals surface area contributed by atoms with Crippen molar-refractivity contribution in [2.75, 3.05) is 13.7 Å². The summed E-state index contributed by atoms with van der Waals surface area (Å²) in [5, 5.41) is 0. The SMILES string of the molecule is COC(=O)C1CC(F)(F)CNN1.